The maximum absolute atomic E-state index is 12.5. The first-order valence-corrected chi connectivity index (χ1v) is 10.3. The predicted octanol–water partition coefficient (Wildman–Crippen LogP) is 2.95. The Morgan fingerprint density at radius 1 is 1.10 bits per heavy atom. The second-order valence-corrected chi connectivity index (χ2v) is 8.14. The number of allylic oxidation sites excluding steroid dienone is 2. The maximum atomic E-state index is 12.5. The Bertz CT molecular complexity index is 1090. The number of hydrogen-bond donors (Lipinski definition) is 1. The van der Waals surface area contributed by atoms with Crippen LogP contribution < -0.4 is 5.32 Å². The number of hydrogen-bond acceptors (Lipinski definition) is 5. The number of carbonyl (C=O) groups is 3. The molecular formula is C21H18N4O3S. The first kappa shape index (κ1) is 17.8. The zero-order valence-corrected chi connectivity index (χ0v) is 16.3. The van der Waals surface area contributed by atoms with Crippen molar-refractivity contribution in [1.29, 1.82) is 0 Å². The molecule has 0 saturated carbocycles. The van der Waals surface area contributed by atoms with Gasteiger partial charge in [0.2, 0.25) is 17.7 Å². The van der Waals surface area contributed by atoms with Crippen molar-refractivity contribution in [3.05, 3.63) is 54.2 Å². The molecule has 2 aliphatic rings. The summed E-state index contributed by atoms with van der Waals surface area (Å²) in [7, 11) is 0. The van der Waals surface area contributed by atoms with Crippen LogP contribution in [0.4, 0.5) is 5.69 Å². The van der Waals surface area contributed by atoms with Gasteiger partial charge in [-0.25, -0.2) is 4.98 Å². The fourth-order valence-electron chi connectivity index (χ4n) is 3.96. The van der Waals surface area contributed by atoms with Crippen LogP contribution >= 0.6 is 11.3 Å². The third kappa shape index (κ3) is 3.15. The first-order chi connectivity index (χ1) is 14.1. The van der Waals surface area contributed by atoms with E-state index >= 15 is 0 Å². The van der Waals surface area contributed by atoms with Gasteiger partial charge in [-0.3, -0.25) is 23.7 Å². The lowest BCUT2D eigenvalue weighted by molar-refractivity contribution is -0.142. The van der Waals surface area contributed by atoms with E-state index < -0.39 is 0 Å². The van der Waals surface area contributed by atoms with Gasteiger partial charge in [-0.1, -0.05) is 24.3 Å². The van der Waals surface area contributed by atoms with Crippen LogP contribution in [0.3, 0.4) is 0 Å². The Hall–Kier alpha value is -3.26. The molecule has 29 heavy (non-hydrogen) atoms. The molecule has 5 rings (SSSR count). The first-order valence-electron chi connectivity index (χ1n) is 9.43. The lowest BCUT2D eigenvalue weighted by Crippen LogP contribution is -2.38. The Morgan fingerprint density at radius 2 is 1.79 bits per heavy atom. The van der Waals surface area contributed by atoms with Crippen LogP contribution in [-0.2, 0) is 14.4 Å². The summed E-state index contributed by atoms with van der Waals surface area (Å²) < 4.78 is 1.97. The third-order valence-corrected chi connectivity index (χ3v) is 6.23. The van der Waals surface area contributed by atoms with E-state index in [0.29, 0.717) is 18.5 Å². The number of thiazole rings is 1. The van der Waals surface area contributed by atoms with E-state index in [-0.39, 0.29) is 36.1 Å². The van der Waals surface area contributed by atoms with Crippen molar-refractivity contribution in [2.45, 2.75) is 12.8 Å². The maximum Gasteiger partial charge on any atom is 0.244 e. The highest BCUT2D eigenvalue weighted by atomic mass is 32.1. The number of likely N-dealkylation sites (tertiary alicyclic amines) is 1. The number of fused-ring (bicyclic) bond motifs is 2. The summed E-state index contributed by atoms with van der Waals surface area (Å²) in [4.78, 5) is 44.0. The van der Waals surface area contributed by atoms with Crippen LogP contribution in [0.25, 0.3) is 16.2 Å². The average Bonchev–Trinajstić information content (AvgIpc) is 3.39. The quantitative estimate of drug-likeness (QED) is 0.533. The summed E-state index contributed by atoms with van der Waals surface area (Å²) in [5, 5.41) is 4.75. The molecule has 1 aliphatic carbocycles. The second kappa shape index (κ2) is 6.97. The van der Waals surface area contributed by atoms with E-state index in [1.807, 2.05) is 46.5 Å². The summed E-state index contributed by atoms with van der Waals surface area (Å²) in [6, 6.07) is 7.35. The standard InChI is InChI=1S/C21H18N4O3S/c26-18(12-25-19(27)15-3-1-2-4-16(15)20(25)28)22-14-7-5-13(6-8-14)17-11-24-9-10-29-21(24)23-17/h1-2,5-11,15-16H,3-4,12H2,(H,22,26)/t15-,16-/m0/s1. The highest BCUT2D eigenvalue weighted by Crippen LogP contribution is 2.34. The fourth-order valence-corrected chi connectivity index (χ4v) is 4.66. The summed E-state index contributed by atoms with van der Waals surface area (Å²) >= 11 is 1.57. The van der Waals surface area contributed by atoms with Crippen molar-refractivity contribution >= 4 is 39.7 Å². The normalized spacial score (nSPS) is 21.0. The molecule has 7 nitrogen and oxygen atoms in total. The van der Waals surface area contributed by atoms with Gasteiger partial charge in [0.25, 0.3) is 0 Å². The van der Waals surface area contributed by atoms with Gasteiger partial charge in [-0.2, -0.15) is 0 Å². The summed E-state index contributed by atoms with van der Waals surface area (Å²) in [5.41, 5.74) is 2.41. The van der Waals surface area contributed by atoms with Crippen molar-refractivity contribution in [2.75, 3.05) is 11.9 Å². The lowest BCUT2D eigenvalue weighted by Gasteiger charge is -2.14. The summed E-state index contributed by atoms with van der Waals surface area (Å²) in [6.45, 7) is -0.246. The number of imidazole rings is 1. The Morgan fingerprint density at radius 3 is 2.45 bits per heavy atom. The molecule has 0 spiro atoms. The Balaban J connectivity index is 1.24. The Kier molecular flexibility index (Phi) is 4.28. The number of carbonyl (C=O) groups excluding carboxylic acids is 3. The van der Waals surface area contributed by atoms with Crippen LogP contribution in [0.15, 0.2) is 54.2 Å². The van der Waals surface area contributed by atoms with Crippen molar-refractivity contribution in [2.24, 2.45) is 11.8 Å². The molecule has 2 atom stereocenters. The SMILES string of the molecule is O=C(CN1C(=O)[C@H]2CC=CC[C@@H]2C1=O)Nc1ccc(-c2cn3ccsc3n2)cc1. The predicted molar refractivity (Wildman–Crippen MR) is 109 cm³/mol. The van der Waals surface area contributed by atoms with Crippen LogP contribution in [0.1, 0.15) is 12.8 Å². The molecule has 3 amide bonds. The molecule has 1 aliphatic heterocycles. The number of nitrogens with zero attached hydrogens (tertiary/aromatic N) is 3. The van der Waals surface area contributed by atoms with Gasteiger partial charge in [-0.15, -0.1) is 11.3 Å². The fraction of sp³-hybridized carbons (Fsp3) is 0.238. The number of aromatic nitrogens is 2. The van der Waals surface area contributed by atoms with Gasteiger partial charge in [0.1, 0.15) is 6.54 Å². The summed E-state index contributed by atoms with van der Waals surface area (Å²) in [5.74, 6) is -1.49. The van der Waals surface area contributed by atoms with Crippen molar-refractivity contribution in [3.63, 3.8) is 0 Å². The molecule has 8 heteroatoms. The minimum Gasteiger partial charge on any atom is -0.325 e. The summed E-state index contributed by atoms with van der Waals surface area (Å²) in [6.07, 6.45) is 8.92. The molecule has 1 fully saturated rings. The highest BCUT2D eigenvalue weighted by Gasteiger charge is 2.47. The van der Waals surface area contributed by atoms with Gasteiger partial charge >= 0.3 is 0 Å². The molecule has 0 unspecified atom stereocenters. The zero-order chi connectivity index (χ0) is 20.0. The monoisotopic (exact) mass is 406 g/mol. The zero-order valence-electron chi connectivity index (χ0n) is 15.4. The molecular weight excluding hydrogens is 388 g/mol. The molecule has 2 aromatic heterocycles. The van der Waals surface area contributed by atoms with Crippen LogP contribution in [-0.4, -0.2) is 38.6 Å². The topological polar surface area (TPSA) is 83.8 Å². The second-order valence-electron chi connectivity index (χ2n) is 7.26. The minimum atomic E-state index is -0.381. The molecule has 146 valence electrons. The number of benzene rings is 1. The van der Waals surface area contributed by atoms with Crippen LogP contribution in [0.2, 0.25) is 0 Å². The highest BCUT2D eigenvalue weighted by molar-refractivity contribution is 7.15. The van der Waals surface area contributed by atoms with E-state index in [1.54, 1.807) is 23.5 Å². The molecule has 3 aromatic rings. The number of amides is 3. The molecule has 0 radical (unpaired) electrons. The Labute approximate surface area is 170 Å². The molecule has 0 bridgehead atoms. The molecule has 1 N–H and O–H groups in total. The molecule has 3 heterocycles. The average molecular weight is 406 g/mol. The van der Waals surface area contributed by atoms with Gasteiger partial charge in [0.15, 0.2) is 4.96 Å². The van der Waals surface area contributed by atoms with E-state index in [2.05, 4.69) is 10.3 Å². The smallest absolute Gasteiger partial charge is 0.244 e. The van der Waals surface area contributed by atoms with Crippen molar-refractivity contribution in [3.8, 4) is 11.3 Å². The van der Waals surface area contributed by atoms with E-state index in [1.165, 1.54) is 0 Å². The van der Waals surface area contributed by atoms with Gasteiger partial charge < -0.3 is 5.32 Å². The largest absolute Gasteiger partial charge is 0.325 e. The number of anilines is 1. The van der Waals surface area contributed by atoms with Crippen molar-refractivity contribution < 1.29 is 14.4 Å². The van der Waals surface area contributed by atoms with Crippen LogP contribution in [0.5, 0.6) is 0 Å². The van der Waals surface area contributed by atoms with Crippen LogP contribution in [0, 0.1) is 11.8 Å². The van der Waals surface area contributed by atoms with Gasteiger partial charge in [0, 0.05) is 29.0 Å². The van der Waals surface area contributed by atoms with Gasteiger partial charge in [0.05, 0.1) is 17.5 Å². The number of nitrogens with one attached hydrogen (secondary N) is 1. The number of imide groups is 1. The number of rotatable bonds is 4. The lowest BCUT2D eigenvalue weighted by atomic mass is 9.85. The minimum absolute atomic E-state index is 0.241. The van der Waals surface area contributed by atoms with Gasteiger partial charge in [-0.05, 0) is 25.0 Å². The van der Waals surface area contributed by atoms with Crippen molar-refractivity contribution in [1.82, 2.24) is 14.3 Å². The van der Waals surface area contributed by atoms with E-state index in [9.17, 15) is 14.4 Å². The molecule has 1 saturated heterocycles. The van der Waals surface area contributed by atoms with E-state index in [4.69, 9.17) is 0 Å². The third-order valence-electron chi connectivity index (χ3n) is 5.46. The molecule has 1 aromatic carbocycles. The van der Waals surface area contributed by atoms with E-state index in [0.717, 1.165) is 21.1 Å².